The first kappa shape index (κ1) is 14.3. The van der Waals surface area contributed by atoms with Crippen molar-refractivity contribution in [1.29, 1.82) is 0 Å². The minimum atomic E-state index is -0.0885. The Hall–Kier alpha value is -1.67. The standard InChI is InChI=1S/C19H22FN/c1-2-21-17(12-15-8-4-6-10-19(15)20)13-16-11-14-7-3-5-9-18(14)16/h3-10,16-17,21H,2,11-13H2,1H3. The Morgan fingerprint density at radius 1 is 1.14 bits per heavy atom. The van der Waals surface area contributed by atoms with Crippen molar-refractivity contribution in [2.45, 2.75) is 38.1 Å². The Balaban J connectivity index is 1.67. The molecular formula is C19H22FN. The summed E-state index contributed by atoms with van der Waals surface area (Å²) in [6, 6.07) is 16.1. The fourth-order valence-electron chi connectivity index (χ4n) is 3.37. The SMILES string of the molecule is CCNC(Cc1ccccc1F)CC1Cc2ccccc21. The van der Waals surface area contributed by atoms with E-state index in [1.54, 1.807) is 12.1 Å². The van der Waals surface area contributed by atoms with Crippen molar-refractivity contribution in [3.63, 3.8) is 0 Å². The third-order valence-electron chi connectivity index (χ3n) is 4.45. The second-order valence-electron chi connectivity index (χ2n) is 5.89. The highest BCUT2D eigenvalue weighted by Crippen LogP contribution is 2.38. The van der Waals surface area contributed by atoms with E-state index in [0.29, 0.717) is 12.0 Å². The Labute approximate surface area is 126 Å². The van der Waals surface area contributed by atoms with Gasteiger partial charge in [-0.1, -0.05) is 49.4 Å². The molecule has 2 atom stereocenters. The van der Waals surface area contributed by atoms with E-state index in [4.69, 9.17) is 0 Å². The number of hydrogen-bond donors (Lipinski definition) is 1. The summed E-state index contributed by atoms with van der Waals surface area (Å²) in [6.07, 6.45) is 3.01. The number of benzene rings is 2. The van der Waals surface area contributed by atoms with E-state index in [9.17, 15) is 4.39 Å². The lowest BCUT2D eigenvalue weighted by Gasteiger charge is -2.33. The van der Waals surface area contributed by atoms with E-state index in [2.05, 4.69) is 36.5 Å². The maximum Gasteiger partial charge on any atom is 0.126 e. The van der Waals surface area contributed by atoms with Crippen molar-refractivity contribution < 1.29 is 4.39 Å². The first-order valence-electron chi connectivity index (χ1n) is 7.82. The van der Waals surface area contributed by atoms with Crippen molar-refractivity contribution >= 4 is 0 Å². The largest absolute Gasteiger partial charge is 0.314 e. The van der Waals surface area contributed by atoms with Gasteiger partial charge >= 0.3 is 0 Å². The van der Waals surface area contributed by atoms with Crippen LogP contribution in [0, 0.1) is 5.82 Å². The van der Waals surface area contributed by atoms with E-state index in [0.717, 1.165) is 31.4 Å². The molecule has 2 heteroatoms. The van der Waals surface area contributed by atoms with Gasteiger partial charge in [0.25, 0.3) is 0 Å². The lowest BCUT2D eigenvalue weighted by Crippen LogP contribution is -2.35. The monoisotopic (exact) mass is 283 g/mol. The van der Waals surface area contributed by atoms with Gasteiger partial charge < -0.3 is 5.32 Å². The van der Waals surface area contributed by atoms with E-state index in [-0.39, 0.29) is 5.82 Å². The highest BCUT2D eigenvalue weighted by molar-refractivity contribution is 5.40. The van der Waals surface area contributed by atoms with Crippen molar-refractivity contribution in [3.8, 4) is 0 Å². The maximum absolute atomic E-state index is 13.8. The summed E-state index contributed by atoms with van der Waals surface area (Å²) in [5, 5.41) is 3.52. The van der Waals surface area contributed by atoms with Gasteiger partial charge in [-0.05, 0) is 54.5 Å². The van der Waals surface area contributed by atoms with Gasteiger partial charge in [-0.25, -0.2) is 4.39 Å². The molecule has 1 N–H and O–H groups in total. The zero-order valence-corrected chi connectivity index (χ0v) is 12.5. The van der Waals surface area contributed by atoms with Crippen molar-refractivity contribution in [1.82, 2.24) is 5.32 Å². The van der Waals surface area contributed by atoms with Crippen molar-refractivity contribution in [2.75, 3.05) is 6.54 Å². The molecule has 2 aromatic carbocycles. The van der Waals surface area contributed by atoms with Crippen LogP contribution in [0.15, 0.2) is 48.5 Å². The molecule has 0 saturated carbocycles. The summed E-state index contributed by atoms with van der Waals surface area (Å²) in [5.41, 5.74) is 3.77. The van der Waals surface area contributed by atoms with Crippen molar-refractivity contribution in [2.24, 2.45) is 0 Å². The van der Waals surface area contributed by atoms with Gasteiger partial charge in [0, 0.05) is 6.04 Å². The highest BCUT2D eigenvalue weighted by Gasteiger charge is 2.28. The summed E-state index contributed by atoms with van der Waals surface area (Å²) in [7, 11) is 0. The fourth-order valence-corrected chi connectivity index (χ4v) is 3.37. The number of rotatable bonds is 6. The Morgan fingerprint density at radius 2 is 1.90 bits per heavy atom. The van der Waals surface area contributed by atoms with Gasteiger partial charge in [-0.15, -0.1) is 0 Å². The van der Waals surface area contributed by atoms with E-state index in [1.165, 1.54) is 11.1 Å². The lowest BCUT2D eigenvalue weighted by molar-refractivity contribution is 0.417. The van der Waals surface area contributed by atoms with Crippen LogP contribution in [0.3, 0.4) is 0 Å². The topological polar surface area (TPSA) is 12.0 Å². The average molecular weight is 283 g/mol. The minimum Gasteiger partial charge on any atom is -0.314 e. The normalized spacial score (nSPS) is 17.9. The van der Waals surface area contributed by atoms with Crippen LogP contribution in [0.1, 0.15) is 36.0 Å². The zero-order valence-electron chi connectivity index (χ0n) is 12.5. The van der Waals surface area contributed by atoms with E-state index < -0.39 is 0 Å². The highest BCUT2D eigenvalue weighted by atomic mass is 19.1. The molecule has 1 aliphatic rings. The van der Waals surface area contributed by atoms with Crippen LogP contribution in [0.2, 0.25) is 0 Å². The van der Waals surface area contributed by atoms with Crippen LogP contribution in [0.5, 0.6) is 0 Å². The summed E-state index contributed by atoms with van der Waals surface area (Å²) in [5.74, 6) is 0.534. The van der Waals surface area contributed by atoms with E-state index in [1.807, 2.05) is 12.1 Å². The minimum absolute atomic E-state index is 0.0885. The summed E-state index contributed by atoms with van der Waals surface area (Å²) < 4.78 is 13.8. The first-order valence-corrected chi connectivity index (χ1v) is 7.82. The van der Waals surface area contributed by atoms with Gasteiger partial charge in [-0.3, -0.25) is 0 Å². The number of halogens is 1. The molecule has 0 saturated heterocycles. The molecule has 21 heavy (non-hydrogen) atoms. The third kappa shape index (κ3) is 3.16. The first-order chi connectivity index (χ1) is 10.3. The van der Waals surface area contributed by atoms with Gasteiger partial charge in [0.1, 0.15) is 5.82 Å². The fraction of sp³-hybridized carbons (Fsp3) is 0.368. The molecule has 0 amide bonds. The molecule has 110 valence electrons. The van der Waals surface area contributed by atoms with Gasteiger partial charge in [0.05, 0.1) is 0 Å². The predicted octanol–water partition coefficient (Wildman–Crippen LogP) is 4.08. The van der Waals surface area contributed by atoms with Gasteiger partial charge in [0.2, 0.25) is 0 Å². The number of fused-ring (bicyclic) bond motifs is 1. The molecule has 0 spiro atoms. The lowest BCUT2D eigenvalue weighted by atomic mass is 9.74. The zero-order chi connectivity index (χ0) is 14.7. The predicted molar refractivity (Wildman–Crippen MR) is 85.1 cm³/mol. The van der Waals surface area contributed by atoms with Gasteiger partial charge in [0.15, 0.2) is 0 Å². The number of hydrogen-bond acceptors (Lipinski definition) is 1. The van der Waals surface area contributed by atoms with Gasteiger partial charge in [-0.2, -0.15) is 0 Å². The second-order valence-corrected chi connectivity index (χ2v) is 5.89. The molecule has 2 unspecified atom stereocenters. The second kappa shape index (κ2) is 6.40. The van der Waals surface area contributed by atoms with Crippen LogP contribution in [0.25, 0.3) is 0 Å². The Kier molecular flexibility index (Phi) is 4.35. The quantitative estimate of drug-likeness (QED) is 0.842. The smallest absolute Gasteiger partial charge is 0.126 e. The summed E-state index contributed by atoms with van der Waals surface area (Å²) in [4.78, 5) is 0. The molecule has 0 aromatic heterocycles. The molecular weight excluding hydrogens is 261 g/mol. The van der Waals surface area contributed by atoms with Crippen LogP contribution in [0.4, 0.5) is 4.39 Å². The van der Waals surface area contributed by atoms with Crippen LogP contribution in [-0.4, -0.2) is 12.6 Å². The molecule has 0 radical (unpaired) electrons. The van der Waals surface area contributed by atoms with Crippen molar-refractivity contribution in [3.05, 3.63) is 71.0 Å². The molecule has 0 fully saturated rings. The van der Waals surface area contributed by atoms with E-state index >= 15 is 0 Å². The molecule has 2 aromatic rings. The average Bonchev–Trinajstić information content (AvgIpc) is 2.47. The van der Waals surface area contributed by atoms with Crippen LogP contribution in [-0.2, 0) is 12.8 Å². The summed E-state index contributed by atoms with van der Waals surface area (Å²) in [6.45, 7) is 3.04. The summed E-state index contributed by atoms with van der Waals surface area (Å²) >= 11 is 0. The van der Waals surface area contributed by atoms with Crippen LogP contribution >= 0.6 is 0 Å². The number of likely N-dealkylation sites (N-methyl/N-ethyl adjacent to an activating group) is 1. The number of nitrogens with one attached hydrogen (secondary N) is 1. The Bertz CT molecular complexity index is 608. The molecule has 0 aliphatic heterocycles. The molecule has 1 nitrogen and oxygen atoms in total. The third-order valence-corrected chi connectivity index (χ3v) is 4.45. The Morgan fingerprint density at radius 3 is 2.67 bits per heavy atom. The van der Waals surface area contributed by atoms with Crippen LogP contribution < -0.4 is 5.32 Å². The maximum atomic E-state index is 13.8. The molecule has 1 aliphatic carbocycles. The molecule has 0 bridgehead atoms. The molecule has 3 rings (SSSR count). The molecule has 0 heterocycles.